The van der Waals surface area contributed by atoms with Crippen LogP contribution in [-0.4, -0.2) is 5.11 Å². The Hall–Kier alpha value is -3.26. The Balaban J connectivity index is 1.89. The van der Waals surface area contributed by atoms with Gasteiger partial charge in [0.2, 0.25) is 0 Å². The zero-order valence-electron chi connectivity index (χ0n) is 12.9. The van der Waals surface area contributed by atoms with Crippen molar-refractivity contribution in [2.45, 2.75) is 0 Å². The van der Waals surface area contributed by atoms with Gasteiger partial charge in [0.25, 0.3) is 0 Å². The average Bonchev–Trinajstić information content (AvgIpc) is 2.63. The standard InChI is InChI=1S/C22H14O2/c23-19-10-3-1-6-15(19)14-12-13-21-22-17(14)8-5-9-18(22)16-7-2-4-11-20(16)24-21/h1-13,23H. The summed E-state index contributed by atoms with van der Waals surface area (Å²) in [6.45, 7) is 0. The third-order valence-corrected chi connectivity index (χ3v) is 4.59. The molecule has 0 aliphatic carbocycles. The van der Waals surface area contributed by atoms with Crippen molar-refractivity contribution < 1.29 is 9.84 Å². The van der Waals surface area contributed by atoms with E-state index in [1.165, 1.54) is 5.56 Å². The molecule has 0 saturated heterocycles. The van der Waals surface area contributed by atoms with Crippen molar-refractivity contribution in [3.63, 3.8) is 0 Å². The van der Waals surface area contributed by atoms with Crippen LogP contribution in [0.4, 0.5) is 0 Å². The summed E-state index contributed by atoms with van der Waals surface area (Å²) in [5, 5.41) is 12.4. The van der Waals surface area contributed by atoms with Crippen LogP contribution in [0.2, 0.25) is 0 Å². The zero-order valence-corrected chi connectivity index (χ0v) is 12.9. The lowest BCUT2D eigenvalue weighted by molar-refractivity contribution is 0.477. The van der Waals surface area contributed by atoms with E-state index < -0.39 is 0 Å². The number of aromatic hydroxyl groups is 1. The Morgan fingerprint density at radius 1 is 0.542 bits per heavy atom. The van der Waals surface area contributed by atoms with Crippen LogP contribution in [-0.2, 0) is 0 Å². The SMILES string of the molecule is Oc1ccccc1-c1ccc2c3c(cccc13)-c1ccccc1O2. The minimum atomic E-state index is 0.287. The third-order valence-electron chi connectivity index (χ3n) is 4.59. The molecule has 0 radical (unpaired) electrons. The van der Waals surface area contributed by atoms with Gasteiger partial charge in [-0.1, -0.05) is 54.6 Å². The van der Waals surface area contributed by atoms with E-state index in [0.717, 1.165) is 39.0 Å². The van der Waals surface area contributed by atoms with Gasteiger partial charge in [-0.15, -0.1) is 0 Å². The summed E-state index contributed by atoms with van der Waals surface area (Å²) in [6.07, 6.45) is 0. The Morgan fingerprint density at radius 3 is 2.17 bits per heavy atom. The molecule has 2 nitrogen and oxygen atoms in total. The third kappa shape index (κ3) is 1.77. The first-order valence-corrected chi connectivity index (χ1v) is 7.94. The smallest absolute Gasteiger partial charge is 0.135 e. The first-order chi connectivity index (χ1) is 11.8. The second-order valence-electron chi connectivity index (χ2n) is 5.95. The van der Waals surface area contributed by atoms with Crippen molar-refractivity contribution >= 4 is 10.8 Å². The summed E-state index contributed by atoms with van der Waals surface area (Å²) in [4.78, 5) is 0. The molecule has 0 fully saturated rings. The molecule has 0 unspecified atom stereocenters. The summed E-state index contributed by atoms with van der Waals surface area (Å²) >= 11 is 0. The Kier molecular flexibility index (Phi) is 2.68. The molecule has 0 atom stereocenters. The van der Waals surface area contributed by atoms with Gasteiger partial charge in [0.15, 0.2) is 0 Å². The molecule has 114 valence electrons. The van der Waals surface area contributed by atoms with Crippen LogP contribution >= 0.6 is 0 Å². The van der Waals surface area contributed by atoms with E-state index in [1.54, 1.807) is 6.07 Å². The van der Waals surface area contributed by atoms with Crippen molar-refractivity contribution in [1.29, 1.82) is 0 Å². The highest BCUT2D eigenvalue weighted by Crippen LogP contribution is 2.48. The molecule has 5 rings (SSSR count). The molecule has 1 aliphatic rings. The van der Waals surface area contributed by atoms with E-state index in [-0.39, 0.29) is 5.75 Å². The Bertz CT molecular complexity index is 1100. The lowest BCUT2D eigenvalue weighted by Crippen LogP contribution is -1.97. The van der Waals surface area contributed by atoms with Crippen LogP contribution in [0.25, 0.3) is 33.0 Å². The predicted octanol–water partition coefficient (Wildman–Crippen LogP) is 5.99. The summed E-state index contributed by atoms with van der Waals surface area (Å²) in [5.74, 6) is 2.03. The van der Waals surface area contributed by atoms with Crippen molar-refractivity contribution in [2.24, 2.45) is 0 Å². The normalized spacial score (nSPS) is 11.8. The fourth-order valence-corrected chi connectivity index (χ4v) is 3.52. The quantitative estimate of drug-likeness (QED) is 0.412. The first-order valence-electron chi connectivity index (χ1n) is 7.94. The van der Waals surface area contributed by atoms with E-state index in [4.69, 9.17) is 4.74 Å². The van der Waals surface area contributed by atoms with Crippen LogP contribution in [0.1, 0.15) is 0 Å². The molecule has 24 heavy (non-hydrogen) atoms. The van der Waals surface area contributed by atoms with Gasteiger partial charge in [-0.25, -0.2) is 0 Å². The highest BCUT2D eigenvalue weighted by atomic mass is 16.5. The van der Waals surface area contributed by atoms with Crippen molar-refractivity contribution in [1.82, 2.24) is 0 Å². The number of para-hydroxylation sites is 2. The molecule has 0 bridgehead atoms. The summed E-state index contributed by atoms with van der Waals surface area (Å²) in [6, 6.07) is 25.8. The van der Waals surface area contributed by atoms with Crippen molar-refractivity contribution in [2.75, 3.05) is 0 Å². The highest BCUT2D eigenvalue weighted by Gasteiger charge is 2.21. The number of hydrogen-bond donors (Lipinski definition) is 1. The maximum absolute atomic E-state index is 10.3. The Morgan fingerprint density at radius 2 is 1.29 bits per heavy atom. The second-order valence-corrected chi connectivity index (χ2v) is 5.95. The first kappa shape index (κ1) is 13.2. The van der Waals surface area contributed by atoms with Gasteiger partial charge >= 0.3 is 0 Å². The highest BCUT2D eigenvalue weighted by molar-refractivity contribution is 6.10. The number of benzene rings is 4. The monoisotopic (exact) mass is 310 g/mol. The van der Waals surface area contributed by atoms with Crippen molar-refractivity contribution in [3.05, 3.63) is 78.9 Å². The van der Waals surface area contributed by atoms with Crippen LogP contribution < -0.4 is 4.74 Å². The average molecular weight is 310 g/mol. The van der Waals surface area contributed by atoms with Gasteiger partial charge < -0.3 is 9.84 Å². The summed E-state index contributed by atoms with van der Waals surface area (Å²) in [7, 11) is 0. The number of rotatable bonds is 1. The van der Waals surface area contributed by atoms with E-state index >= 15 is 0 Å². The van der Waals surface area contributed by atoms with Gasteiger partial charge in [0, 0.05) is 16.5 Å². The van der Waals surface area contributed by atoms with Gasteiger partial charge in [0.1, 0.15) is 17.2 Å². The molecule has 1 N–H and O–H groups in total. The largest absolute Gasteiger partial charge is 0.507 e. The number of phenolic OH excluding ortho intramolecular Hbond substituents is 1. The number of fused-ring (bicyclic) bond motifs is 2. The predicted molar refractivity (Wildman–Crippen MR) is 96.6 cm³/mol. The van der Waals surface area contributed by atoms with E-state index in [9.17, 15) is 5.11 Å². The molecular formula is C22H14O2. The van der Waals surface area contributed by atoms with E-state index in [2.05, 4.69) is 24.3 Å². The molecule has 0 spiro atoms. The van der Waals surface area contributed by atoms with Crippen LogP contribution in [0.3, 0.4) is 0 Å². The molecular weight excluding hydrogens is 296 g/mol. The fraction of sp³-hybridized carbons (Fsp3) is 0. The maximum atomic E-state index is 10.3. The molecule has 0 saturated carbocycles. The lowest BCUT2D eigenvalue weighted by Gasteiger charge is -2.22. The fourth-order valence-electron chi connectivity index (χ4n) is 3.52. The van der Waals surface area contributed by atoms with Gasteiger partial charge in [-0.2, -0.15) is 0 Å². The minimum absolute atomic E-state index is 0.287. The molecule has 2 heteroatoms. The topological polar surface area (TPSA) is 29.5 Å². The summed E-state index contributed by atoms with van der Waals surface area (Å²) in [5.41, 5.74) is 4.11. The molecule has 1 heterocycles. The molecule has 4 aromatic rings. The van der Waals surface area contributed by atoms with E-state index in [1.807, 2.05) is 48.5 Å². The zero-order chi connectivity index (χ0) is 16.1. The van der Waals surface area contributed by atoms with Crippen LogP contribution in [0.15, 0.2) is 78.9 Å². The van der Waals surface area contributed by atoms with E-state index in [0.29, 0.717) is 0 Å². The molecule has 0 amide bonds. The van der Waals surface area contributed by atoms with Crippen LogP contribution in [0.5, 0.6) is 17.2 Å². The molecule has 0 aromatic heterocycles. The van der Waals surface area contributed by atoms with Gasteiger partial charge in [-0.05, 0) is 40.8 Å². The maximum Gasteiger partial charge on any atom is 0.135 e. The number of hydrogen-bond acceptors (Lipinski definition) is 2. The van der Waals surface area contributed by atoms with Crippen molar-refractivity contribution in [3.8, 4) is 39.5 Å². The minimum Gasteiger partial charge on any atom is -0.507 e. The van der Waals surface area contributed by atoms with Crippen LogP contribution in [0, 0.1) is 0 Å². The van der Waals surface area contributed by atoms with Gasteiger partial charge in [0.05, 0.1) is 0 Å². The molecule has 4 aromatic carbocycles. The number of ether oxygens (including phenoxy) is 1. The Labute approximate surface area is 139 Å². The summed E-state index contributed by atoms with van der Waals surface area (Å²) < 4.78 is 6.11. The number of phenols is 1. The lowest BCUT2D eigenvalue weighted by atomic mass is 9.90. The molecule has 1 aliphatic heterocycles. The van der Waals surface area contributed by atoms with Gasteiger partial charge in [-0.3, -0.25) is 0 Å². The second kappa shape index (κ2) is 4.87.